The average molecular weight is 261 g/mol. The first-order chi connectivity index (χ1) is 9.13. The summed E-state index contributed by atoms with van der Waals surface area (Å²) in [4.78, 5) is 12.2. The van der Waals surface area contributed by atoms with Gasteiger partial charge in [-0.2, -0.15) is 0 Å². The molecule has 1 fully saturated rings. The number of aryl methyl sites for hydroxylation is 2. The van der Waals surface area contributed by atoms with E-state index < -0.39 is 0 Å². The fraction of sp³-hybridized carbons (Fsp3) is 0.562. The van der Waals surface area contributed by atoms with Crippen LogP contribution in [0.15, 0.2) is 18.2 Å². The Morgan fingerprint density at radius 1 is 1.37 bits per heavy atom. The van der Waals surface area contributed by atoms with E-state index in [9.17, 15) is 4.79 Å². The number of rotatable bonds is 6. The van der Waals surface area contributed by atoms with Crippen LogP contribution in [0.3, 0.4) is 0 Å². The summed E-state index contributed by atoms with van der Waals surface area (Å²) < 4.78 is 5.22. The molecule has 1 aliphatic carbocycles. The minimum atomic E-state index is -0.332. The third-order valence-corrected chi connectivity index (χ3v) is 3.66. The molecule has 1 saturated carbocycles. The van der Waals surface area contributed by atoms with Gasteiger partial charge in [-0.1, -0.05) is 18.2 Å². The van der Waals surface area contributed by atoms with Crippen LogP contribution in [0, 0.1) is 19.8 Å². The molecule has 1 aromatic rings. The highest BCUT2D eigenvalue weighted by molar-refractivity contribution is 5.78. The molecule has 0 amide bonds. The SMILES string of the molecule is CCOC(=O)C(NCC1CC1)c1c(C)cccc1C. The summed E-state index contributed by atoms with van der Waals surface area (Å²) in [5.74, 6) is 0.571. The molecule has 0 aliphatic heterocycles. The second-order valence-electron chi connectivity index (χ2n) is 5.34. The Hall–Kier alpha value is -1.35. The van der Waals surface area contributed by atoms with Crippen molar-refractivity contribution < 1.29 is 9.53 Å². The predicted molar refractivity (Wildman–Crippen MR) is 76.0 cm³/mol. The lowest BCUT2D eigenvalue weighted by atomic mass is 9.96. The van der Waals surface area contributed by atoms with E-state index >= 15 is 0 Å². The van der Waals surface area contributed by atoms with Crippen LogP contribution in [-0.2, 0) is 9.53 Å². The highest BCUT2D eigenvalue weighted by Gasteiger charge is 2.28. The molecule has 1 aliphatic rings. The standard InChI is InChI=1S/C16H23NO2/c1-4-19-16(18)15(17-10-13-8-9-13)14-11(2)6-5-7-12(14)3/h5-7,13,15,17H,4,8-10H2,1-3H3. The summed E-state index contributed by atoms with van der Waals surface area (Å²) in [5.41, 5.74) is 3.35. The van der Waals surface area contributed by atoms with Crippen molar-refractivity contribution in [1.29, 1.82) is 0 Å². The van der Waals surface area contributed by atoms with Crippen molar-refractivity contribution in [3.63, 3.8) is 0 Å². The van der Waals surface area contributed by atoms with E-state index in [2.05, 4.69) is 5.32 Å². The highest BCUT2D eigenvalue weighted by Crippen LogP contribution is 2.30. The molecule has 0 saturated heterocycles. The second-order valence-corrected chi connectivity index (χ2v) is 5.34. The summed E-state index contributed by atoms with van der Waals surface area (Å²) in [6.07, 6.45) is 2.55. The Morgan fingerprint density at radius 2 is 2.00 bits per heavy atom. The van der Waals surface area contributed by atoms with E-state index in [-0.39, 0.29) is 12.0 Å². The zero-order chi connectivity index (χ0) is 13.8. The largest absolute Gasteiger partial charge is 0.465 e. The lowest BCUT2D eigenvalue weighted by molar-refractivity contribution is -0.145. The molecule has 1 N–H and O–H groups in total. The predicted octanol–water partition coefficient (Wildman–Crippen LogP) is 2.91. The number of benzene rings is 1. The van der Waals surface area contributed by atoms with Crippen LogP contribution in [-0.4, -0.2) is 19.1 Å². The molecule has 2 rings (SSSR count). The van der Waals surface area contributed by atoms with Gasteiger partial charge in [-0.15, -0.1) is 0 Å². The lowest BCUT2D eigenvalue weighted by Gasteiger charge is -2.21. The van der Waals surface area contributed by atoms with Crippen LogP contribution in [0.4, 0.5) is 0 Å². The van der Waals surface area contributed by atoms with Gasteiger partial charge in [0.2, 0.25) is 0 Å². The number of hydrogen-bond acceptors (Lipinski definition) is 3. The molecule has 1 aromatic carbocycles. The smallest absolute Gasteiger partial charge is 0.327 e. The summed E-state index contributed by atoms with van der Waals surface area (Å²) in [6, 6.07) is 5.79. The van der Waals surface area contributed by atoms with Crippen molar-refractivity contribution in [2.75, 3.05) is 13.2 Å². The minimum Gasteiger partial charge on any atom is -0.465 e. The van der Waals surface area contributed by atoms with E-state index in [1.807, 2.05) is 39.0 Å². The van der Waals surface area contributed by atoms with Crippen molar-refractivity contribution in [3.05, 3.63) is 34.9 Å². The topological polar surface area (TPSA) is 38.3 Å². The van der Waals surface area contributed by atoms with E-state index in [1.54, 1.807) is 0 Å². The number of ether oxygens (including phenoxy) is 1. The Labute approximate surface area is 115 Å². The van der Waals surface area contributed by atoms with E-state index in [0.717, 1.165) is 29.2 Å². The van der Waals surface area contributed by atoms with Gasteiger partial charge in [0.15, 0.2) is 0 Å². The summed E-state index contributed by atoms with van der Waals surface area (Å²) in [6.45, 7) is 7.27. The monoisotopic (exact) mass is 261 g/mol. The molecule has 1 unspecified atom stereocenters. The van der Waals surface area contributed by atoms with Gasteiger partial charge in [0.05, 0.1) is 6.61 Å². The van der Waals surface area contributed by atoms with Gasteiger partial charge in [0, 0.05) is 0 Å². The van der Waals surface area contributed by atoms with Crippen LogP contribution >= 0.6 is 0 Å². The van der Waals surface area contributed by atoms with E-state index in [1.165, 1.54) is 12.8 Å². The highest BCUT2D eigenvalue weighted by atomic mass is 16.5. The number of carbonyl (C=O) groups excluding carboxylic acids is 1. The molecule has 3 heteroatoms. The Morgan fingerprint density at radius 3 is 2.53 bits per heavy atom. The normalized spacial score (nSPS) is 16.2. The molecular weight excluding hydrogens is 238 g/mol. The van der Waals surface area contributed by atoms with Gasteiger partial charge >= 0.3 is 5.97 Å². The fourth-order valence-electron chi connectivity index (χ4n) is 2.42. The number of nitrogens with one attached hydrogen (secondary N) is 1. The summed E-state index contributed by atoms with van der Waals surface area (Å²) in [5, 5.41) is 3.39. The van der Waals surface area contributed by atoms with Gasteiger partial charge < -0.3 is 10.1 Å². The quantitative estimate of drug-likeness (QED) is 0.800. The maximum atomic E-state index is 12.2. The van der Waals surface area contributed by atoms with E-state index in [4.69, 9.17) is 4.74 Å². The molecule has 0 radical (unpaired) electrons. The van der Waals surface area contributed by atoms with Crippen molar-refractivity contribution in [3.8, 4) is 0 Å². The zero-order valence-electron chi connectivity index (χ0n) is 12.0. The fourth-order valence-corrected chi connectivity index (χ4v) is 2.42. The number of esters is 1. The van der Waals surface area contributed by atoms with Crippen LogP contribution < -0.4 is 5.32 Å². The molecule has 0 aromatic heterocycles. The molecular formula is C16H23NO2. The van der Waals surface area contributed by atoms with Crippen molar-refractivity contribution in [1.82, 2.24) is 5.32 Å². The van der Waals surface area contributed by atoms with Crippen molar-refractivity contribution in [2.45, 2.75) is 39.7 Å². The molecule has 3 nitrogen and oxygen atoms in total. The Balaban J connectivity index is 2.21. The van der Waals surface area contributed by atoms with Gasteiger partial charge in [0.1, 0.15) is 6.04 Å². The summed E-state index contributed by atoms with van der Waals surface area (Å²) >= 11 is 0. The van der Waals surface area contributed by atoms with Gasteiger partial charge in [0.25, 0.3) is 0 Å². The van der Waals surface area contributed by atoms with Crippen molar-refractivity contribution in [2.24, 2.45) is 5.92 Å². The second kappa shape index (κ2) is 6.20. The van der Waals surface area contributed by atoms with E-state index in [0.29, 0.717) is 6.61 Å². The van der Waals surface area contributed by atoms with Gasteiger partial charge in [-0.25, -0.2) is 4.79 Å². The van der Waals surface area contributed by atoms with Crippen LogP contribution in [0.25, 0.3) is 0 Å². The Kier molecular flexibility index (Phi) is 4.59. The third-order valence-electron chi connectivity index (χ3n) is 3.66. The lowest BCUT2D eigenvalue weighted by Crippen LogP contribution is -2.32. The molecule has 0 spiro atoms. The molecule has 19 heavy (non-hydrogen) atoms. The maximum Gasteiger partial charge on any atom is 0.327 e. The summed E-state index contributed by atoms with van der Waals surface area (Å²) in [7, 11) is 0. The van der Waals surface area contributed by atoms with Crippen molar-refractivity contribution >= 4 is 5.97 Å². The van der Waals surface area contributed by atoms with Crippen LogP contribution in [0.2, 0.25) is 0 Å². The maximum absolute atomic E-state index is 12.2. The molecule has 104 valence electrons. The number of carbonyl (C=O) groups is 1. The van der Waals surface area contributed by atoms with Gasteiger partial charge in [-0.3, -0.25) is 0 Å². The first kappa shape index (κ1) is 14.1. The number of hydrogen-bond donors (Lipinski definition) is 1. The molecule has 1 atom stereocenters. The molecule has 0 heterocycles. The third kappa shape index (κ3) is 3.57. The molecule has 0 bridgehead atoms. The first-order valence-electron chi connectivity index (χ1n) is 7.09. The Bertz CT molecular complexity index is 432. The van der Waals surface area contributed by atoms with Gasteiger partial charge in [-0.05, 0) is 62.8 Å². The average Bonchev–Trinajstić information content (AvgIpc) is 3.17. The zero-order valence-corrected chi connectivity index (χ0v) is 12.0. The van der Waals surface area contributed by atoms with Crippen LogP contribution in [0.5, 0.6) is 0 Å². The minimum absolute atomic E-state index is 0.166. The first-order valence-corrected chi connectivity index (χ1v) is 7.09. The van der Waals surface area contributed by atoms with Crippen LogP contribution in [0.1, 0.15) is 42.5 Å².